The Morgan fingerprint density at radius 1 is 0.702 bits per heavy atom. The van der Waals surface area contributed by atoms with Crippen LogP contribution in [0.4, 0.5) is 0 Å². The Labute approximate surface area is 286 Å². The molecule has 1 saturated heterocycles. The standard InChI is InChI=1S/C38H73NO8/c1-3-5-7-9-11-13-15-17-19-21-23-25-27-32(41)31(30-46-38-37(45)36(44)35(43)33(29-40)47-38)39-34(42)28-26-24-22-20-18-16-14-12-10-8-6-4-2/h25,27,31-33,35-38,40-41,43-45H,3-24,26,28-30H2,1-2H3,(H,39,42)/b27-25+/t31-,32+,33+,35-,36?,37?,38+/m0/s1. The molecule has 1 aliphatic heterocycles. The molecule has 0 spiro atoms. The van der Waals surface area contributed by atoms with Crippen LogP contribution in [0.3, 0.4) is 0 Å². The van der Waals surface area contributed by atoms with Gasteiger partial charge in [-0.05, 0) is 19.3 Å². The van der Waals surface area contributed by atoms with Crippen molar-refractivity contribution in [1.82, 2.24) is 5.32 Å². The minimum Gasteiger partial charge on any atom is -0.394 e. The molecule has 47 heavy (non-hydrogen) atoms. The predicted molar refractivity (Wildman–Crippen MR) is 189 cm³/mol. The van der Waals surface area contributed by atoms with Gasteiger partial charge in [0.2, 0.25) is 5.91 Å². The molecule has 0 radical (unpaired) electrons. The van der Waals surface area contributed by atoms with Gasteiger partial charge >= 0.3 is 0 Å². The zero-order valence-corrected chi connectivity index (χ0v) is 30.0. The van der Waals surface area contributed by atoms with E-state index in [9.17, 15) is 30.3 Å². The molecule has 7 atom stereocenters. The van der Waals surface area contributed by atoms with Gasteiger partial charge < -0.3 is 40.3 Å². The fraction of sp³-hybridized carbons (Fsp3) is 0.921. The molecule has 1 heterocycles. The van der Waals surface area contributed by atoms with Crippen LogP contribution in [-0.2, 0) is 14.3 Å². The van der Waals surface area contributed by atoms with Gasteiger partial charge in [-0.1, -0.05) is 154 Å². The summed E-state index contributed by atoms with van der Waals surface area (Å²) in [4.78, 5) is 12.8. The van der Waals surface area contributed by atoms with Crippen LogP contribution in [-0.4, -0.2) is 87.5 Å². The van der Waals surface area contributed by atoms with Gasteiger partial charge in [-0.15, -0.1) is 0 Å². The minimum atomic E-state index is -1.56. The fourth-order valence-electron chi connectivity index (χ4n) is 6.15. The van der Waals surface area contributed by atoms with Gasteiger partial charge in [-0.3, -0.25) is 4.79 Å². The number of ether oxygens (including phenoxy) is 2. The maximum atomic E-state index is 12.8. The summed E-state index contributed by atoms with van der Waals surface area (Å²) in [5.41, 5.74) is 0. The number of aliphatic hydroxyl groups excluding tert-OH is 5. The Balaban J connectivity index is 2.46. The van der Waals surface area contributed by atoms with Crippen LogP contribution < -0.4 is 5.32 Å². The summed E-state index contributed by atoms with van der Waals surface area (Å²) in [5, 5.41) is 53.8. The van der Waals surface area contributed by atoms with Crippen molar-refractivity contribution in [3.05, 3.63) is 12.2 Å². The van der Waals surface area contributed by atoms with Gasteiger partial charge in [-0.2, -0.15) is 0 Å². The second-order valence-electron chi connectivity index (χ2n) is 13.7. The van der Waals surface area contributed by atoms with E-state index in [-0.39, 0.29) is 12.5 Å². The van der Waals surface area contributed by atoms with Crippen molar-refractivity contribution in [2.24, 2.45) is 0 Å². The molecule has 0 aromatic rings. The highest BCUT2D eigenvalue weighted by molar-refractivity contribution is 5.76. The number of hydrogen-bond donors (Lipinski definition) is 6. The number of carbonyl (C=O) groups excluding carboxylic acids is 1. The second kappa shape index (κ2) is 29.8. The van der Waals surface area contributed by atoms with Crippen LogP contribution in [0.1, 0.15) is 168 Å². The number of aliphatic hydroxyl groups is 5. The molecule has 0 aliphatic carbocycles. The number of unbranched alkanes of at least 4 members (excludes halogenated alkanes) is 21. The molecule has 6 N–H and O–H groups in total. The number of nitrogens with one attached hydrogen (secondary N) is 1. The summed E-state index contributed by atoms with van der Waals surface area (Å²) in [7, 11) is 0. The molecule has 0 aromatic heterocycles. The summed E-state index contributed by atoms with van der Waals surface area (Å²) in [6.07, 6.45) is 23.9. The van der Waals surface area contributed by atoms with Crippen molar-refractivity contribution < 1.29 is 39.8 Å². The van der Waals surface area contributed by atoms with Crippen LogP contribution >= 0.6 is 0 Å². The highest BCUT2D eigenvalue weighted by atomic mass is 16.7. The number of rotatable bonds is 31. The first-order valence-corrected chi connectivity index (χ1v) is 19.4. The van der Waals surface area contributed by atoms with Gasteiger partial charge in [-0.25, -0.2) is 0 Å². The molecule has 2 unspecified atom stereocenters. The summed E-state index contributed by atoms with van der Waals surface area (Å²) in [6.45, 7) is 3.74. The second-order valence-corrected chi connectivity index (χ2v) is 13.7. The van der Waals surface area contributed by atoms with E-state index < -0.39 is 49.5 Å². The van der Waals surface area contributed by atoms with Crippen LogP contribution in [0, 0.1) is 0 Å². The first-order chi connectivity index (χ1) is 22.8. The lowest BCUT2D eigenvalue weighted by molar-refractivity contribution is -0.302. The number of amides is 1. The zero-order chi connectivity index (χ0) is 34.5. The maximum Gasteiger partial charge on any atom is 0.220 e. The third-order valence-electron chi connectivity index (χ3n) is 9.36. The van der Waals surface area contributed by atoms with E-state index in [1.165, 1.54) is 109 Å². The third-order valence-corrected chi connectivity index (χ3v) is 9.36. The first-order valence-electron chi connectivity index (χ1n) is 19.4. The Hall–Kier alpha value is -1.07. The summed E-state index contributed by atoms with van der Waals surface area (Å²) in [6, 6.07) is -0.795. The van der Waals surface area contributed by atoms with Gasteiger partial charge in [0.1, 0.15) is 24.4 Å². The van der Waals surface area contributed by atoms with Crippen LogP contribution in [0.25, 0.3) is 0 Å². The van der Waals surface area contributed by atoms with E-state index in [1.54, 1.807) is 6.08 Å². The Bertz CT molecular complexity index is 751. The van der Waals surface area contributed by atoms with Crippen molar-refractivity contribution in [3.63, 3.8) is 0 Å². The quantitative estimate of drug-likeness (QED) is 0.0357. The fourth-order valence-corrected chi connectivity index (χ4v) is 6.15. The summed E-state index contributed by atoms with van der Waals surface area (Å²) in [5.74, 6) is -0.179. The first kappa shape index (κ1) is 44.0. The molecular formula is C38H73NO8. The smallest absolute Gasteiger partial charge is 0.220 e. The monoisotopic (exact) mass is 672 g/mol. The lowest BCUT2D eigenvalue weighted by Gasteiger charge is -2.40. The third kappa shape index (κ3) is 21.6. The van der Waals surface area contributed by atoms with E-state index in [0.29, 0.717) is 6.42 Å². The highest BCUT2D eigenvalue weighted by Gasteiger charge is 2.44. The molecule has 0 bridgehead atoms. The molecule has 0 aromatic carbocycles. The Kier molecular flexibility index (Phi) is 27.9. The summed E-state index contributed by atoms with van der Waals surface area (Å²) >= 11 is 0. The predicted octanol–water partition coefficient (Wildman–Crippen LogP) is 6.61. The zero-order valence-electron chi connectivity index (χ0n) is 30.0. The molecule has 9 heteroatoms. The number of hydrogen-bond acceptors (Lipinski definition) is 8. The highest BCUT2D eigenvalue weighted by Crippen LogP contribution is 2.22. The van der Waals surface area contributed by atoms with Crippen molar-refractivity contribution >= 4 is 5.91 Å². The van der Waals surface area contributed by atoms with Crippen LogP contribution in [0.15, 0.2) is 12.2 Å². The van der Waals surface area contributed by atoms with Crippen molar-refractivity contribution in [1.29, 1.82) is 0 Å². The van der Waals surface area contributed by atoms with Crippen molar-refractivity contribution in [2.75, 3.05) is 13.2 Å². The molecule has 1 amide bonds. The lowest BCUT2D eigenvalue weighted by atomic mass is 9.99. The van der Waals surface area contributed by atoms with Crippen molar-refractivity contribution in [2.45, 2.75) is 211 Å². The van der Waals surface area contributed by atoms with Crippen LogP contribution in [0.5, 0.6) is 0 Å². The molecule has 1 aliphatic rings. The number of allylic oxidation sites excluding steroid dienone is 1. The maximum absolute atomic E-state index is 12.8. The molecule has 1 rings (SSSR count). The van der Waals surface area contributed by atoms with Gasteiger partial charge in [0, 0.05) is 6.42 Å². The van der Waals surface area contributed by atoms with E-state index in [2.05, 4.69) is 19.2 Å². The molecular weight excluding hydrogens is 598 g/mol. The number of carbonyl (C=O) groups is 1. The normalized spacial score (nSPS) is 22.9. The average molecular weight is 672 g/mol. The minimum absolute atomic E-state index is 0.179. The average Bonchev–Trinajstić information content (AvgIpc) is 3.07. The molecule has 9 nitrogen and oxygen atoms in total. The molecule has 1 fully saturated rings. The van der Waals surface area contributed by atoms with Crippen LogP contribution in [0.2, 0.25) is 0 Å². The Morgan fingerprint density at radius 3 is 1.66 bits per heavy atom. The van der Waals surface area contributed by atoms with E-state index in [0.717, 1.165) is 38.5 Å². The van der Waals surface area contributed by atoms with E-state index in [1.807, 2.05) is 6.08 Å². The summed E-state index contributed by atoms with van der Waals surface area (Å²) < 4.78 is 11.1. The van der Waals surface area contributed by atoms with E-state index in [4.69, 9.17) is 9.47 Å². The Morgan fingerprint density at radius 2 is 1.17 bits per heavy atom. The van der Waals surface area contributed by atoms with Gasteiger partial charge in [0.15, 0.2) is 6.29 Å². The molecule has 0 saturated carbocycles. The van der Waals surface area contributed by atoms with Gasteiger partial charge in [0.25, 0.3) is 0 Å². The topological polar surface area (TPSA) is 149 Å². The molecule has 278 valence electrons. The van der Waals surface area contributed by atoms with Gasteiger partial charge in [0.05, 0.1) is 25.4 Å². The largest absolute Gasteiger partial charge is 0.394 e. The van der Waals surface area contributed by atoms with Crippen molar-refractivity contribution in [3.8, 4) is 0 Å². The van der Waals surface area contributed by atoms with E-state index >= 15 is 0 Å². The lowest BCUT2D eigenvalue weighted by Crippen LogP contribution is -2.60. The SMILES string of the molecule is CCCCCCCCCCCC/C=C/[C@@H](O)[C@H](CO[C@@H]1O[C@H](CO)[C@H](O)C(O)C1O)NC(=O)CCCCCCCCCCCCCC.